The maximum atomic E-state index is 11.8. The summed E-state index contributed by atoms with van der Waals surface area (Å²) in [6.07, 6.45) is 1.71. The highest BCUT2D eigenvalue weighted by Gasteiger charge is 2.15. The minimum atomic E-state index is -0.519. The maximum Gasteiger partial charge on any atom is 0.411 e. The van der Waals surface area contributed by atoms with Crippen molar-refractivity contribution in [1.29, 1.82) is 0 Å². The van der Waals surface area contributed by atoms with Crippen LogP contribution >= 0.6 is 11.8 Å². The van der Waals surface area contributed by atoms with Gasteiger partial charge in [0, 0.05) is 49.2 Å². The Morgan fingerprint density at radius 1 is 1.25 bits per heavy atom. The van der Waals surface area contributed by atoms with Gasteiger partial charge in [0.25, 0.3) is 5.22 Å². The van der Waals surface area contributed by atoms with Crippen molar-refractivity contribution in [2.45, 2.75) is 30.9 Å². The molecule has 0 aliphatic carbocycles. The average Bonchev–Trinajstić information content (AvgIpc) is 3.38. The molecule has 2 N–H and O–H groups in total. The van der Waals surface area contributed by atoms with Gasteiger partial charge in [-0.1, -0.05) is 43.5 Å². The van der Waals surface area contributed by atoms with Crippen LogP contribution in [-0.2, 0) is 28.2 Å². The number of nitrogens with one attached hydrogen (secondary N) is 2. The molecule has 0 unspecified atom stereocenters. The van der Waals surface area contributed by atoms with E-state index in [1.54, 1.807) is 0 Å². The fourth-order valence-electron chi connectivity index (χ4n) is 3.56. The molecule has 4 rings (SSSR count). The zero-order valence-electron chi connectivity index (χ0n) is 20.2. The quantitative estimate of drug-likeness (QED) is 0.282. The van der Waals surface area contributed by atoms with Gasteiger partial charge in [-0.3, -0.25) is 5.32 Å². The van der Waals surface area contributed by atoms with Crippen LogP contribution < -0.4 is 15.5 Å². The van der Waals surface area contributed by atoms with Crippen molar-refractivity contribution >= 4 is 35.0 Å². The molecule has 10 nitrogen and oxygen atoms in total. The molecule has 36 heavy (non-hydrogen) atoms. The molecule has 0 bridgehead atoms. The monoisotopic (exact) mass is 510 g/mol. The number of aromatic nitrogens is 3. The van der Waals surface area contributed by atoms with Gasteiger partial charge < -0.3 is 24.1 Å². The van der Waals surface area contributed by atoms with E-state index in [1.165, 1.54) is 17.8 Å². The molecule has 190 valence electrons. The van der Waals surface area contributed by atoms with E-state index in [9.17, 15) is 4.79 Å². The van der Waals surface area contributed by atoms with Gasteiger partial charge in [-0.15, -0.1) is 10.2 Å². The smallest absolute Gasteiger partial charge is 0.411 e. The van der Waals surface area contributed by atoms with Gasteiger partial charge in [0.1, 0.15) is 12.4 Å². The summed E-state index contributed by atoms with van der Waals surface area (Å²) in [4.78, 5) is 18.9. The van der Waals surface area contributed by atoms with Crippen LogP contribution in [0.5, 0.6) is 0 Å². The van der Waals surface area contributed by atoms with E-state index < -0.39 is 6.09 Å². The molecule has 0 spiro atoms. The van der Waals surface area contributed by atoms with Crippen LogP contribution in [-0.4, -0.2) is 54.2 Å². The molecule has 1 saturated heterocycles. The SMILES string of the molecule is C=CCOC(=O)Nc1cccc(CNc2cc(N3CCOCC3)cc(CSc3nnc(CC)o3)n2)c1. The van der Waals surface area contributed by atoms with Crippen molar-refractivity contribution in [2.75, 3.05) is 48.4 Å². The number of anilines is 3. The van der Waals surface area contributed by atoms with Crippen LogP contribution in [0.25, 0.3) is 0 Å². The Morgan fingerprint density at radius 3 is 2.89 bits per heavy atom. The first-order valence-corrected chi connectivity index (χ1v) is 12.8. The Morgan fingerprint density at radius 2 is 2.11 bits per heavy atom. The summed E-state index contributed by atoms with van der Waals surface area (Å²) in [7, 11) is 0. The molecule has 11 heteroatoms. The second-order valence-electron chi connectivity index (χ2n) is 7.97. The largest absolute Gasteiger partial charge is 0.445 e. The van der Waals surface area contributed by atoms with Gasteiger partial charge >= 0.3 is 6.09 Å². The van der Waals surface area contributed by atoms with Crippen LogP contribution in [0.1, 0.15) is 24.1 Å². The van der Waals surface area contributed by atoms with Gasteiger partial charge in [-0.25, -0.2) is 9.78 Å². The summed E-state index contributed by atoms with van der Waals surface area (Å²) >= 11 is 1.47. The third-order valence-electron chi connectivity index (χ3n) is 5.31. The number of morpholine rings is 1. The number of hydrogen-bond acceptors (Lipinski definition) is 10. The highest BCUT2D eigenvalue weighted by Crippen LogP contribution is 2.26. The molecule has 1 aromatic carbocycles. The summed E-state index contributed by atoms with van der Waals surface area (Å²) in [5.74, 6) is 1.99. The van der Waals surface area contributed by atoms with Crippen molar-refractivity contribution in [3.05, 3.63) is 66.2 Å². The Kier molecular flexibility index (Phi) is 9.17. The lowest BCUT2D eigenvalue weighted by Gasteiger charge is -2.29. The lowest BCUT2D eigenvalue weighted by molar-refractivity contribution is 0.122. The summed E-state index contributed by atoms with van der Waals surface area (Å²) in [5, 5.41) is 14.8. The number of thioether (sulfide) groups is 1. The summed E-state index contributed by atoms with van der Waals surface area (Å²) in [6, 6.07) is 11.7. The molecule has 2 aromatic heterocycles. The predicted octanol–water partition coefficient (Wildman–Crippen LogP) is 4.50. The van der Waals surface area contributed by atoms with Gasteiger partial charge in [0.15, 0.2) is 0 Å². The molecule has 0 radical (unpaired) electrons. The van der Waals surface area contributed by atoms with E-state index in [0.29, 0.717) is 48.7 Å². The van der Waals surface area contributed by atoms with E-state index in [0.717, 1.165) is 35.9 Å². The van der Waals surface area contributed by atoms with Crippen LogP contribution in [0.4, 0.5) is 22.0 Å². The molecule has 1 aliphatic heterocycles. The minimum absolute atomic E-state index is 0.158. The Balaban J connectivity index is 1.45. The fourth-order valence-corrected chi connectivity index (χ4v) is 4.23. The first-order chi connectivity index (χ1) is 17.6. The third kappa shape index (κ3) is 7.46. The number of amides is 1. The fraction of sp³-hybridized carbons (Fsp3) is 0.360. The molecule has 1 aliphatic rings. The van der Waals surface area contributed by atoms with Crippen LogP contribution in [0.2, 0.25) is 0 Å². The number of carbonyl (C=O) groups excluding carboxylic acids is 1. The summed E-state index contributed by atoms with van der Waals surface area (Å²) in [6.45, 7) is 9.27. The molecule has 3 heterocycles. The van der Waals surface area contributed by atoms with Gasteiger partial charge in [-0.05, 0) is 23.8 Å². The highest BCUT2D eigenvalue weighted by molar-refractivity contribution is 7.98. The number of hydrogen-bond donors (Lipinski definition) is 2. The summed E-state index contributed by atoms with van der Waals surface area (Å²) in [5.41, 5.74) is 3.64. The maximum absolute atomic E-state index is 11.8. The average molecular weight is 511 g/mol. The van der Waals surface area contributed by atoms with Crippen LogP contribution in [0, 0.1) is 0 Å². The normalized spacial score (nSPS) is 13.3. The number of ether oxygens (including phenoxy) is 2. The topological polar surface area (TPSA) is 115 Å². The second-order valence-corrected chi connectivity index (χ2v) is 8.90. The lowest BCUT2D eigenvalue weighted by Crippen LogP contribution is -2.36. The van der Waals surface area contributed by atoms with Crippen LogP contribution in [0.15, 0.2) is 58.7 Å². The van der Waals surface area contributed by atoms with E-state index in [2.05, 4.69) is 44.4 Å². The molecule has 0 saturated carbocycles. The van der Waals surface area contributed by atoms with Gasteiger partial charge in [-0.2, -0.15) is 0 Å². The van der Waals surface area contributed by atoms with E-state index in [-0.39, 0.29) is 6.61 Å². The van der Waals surface area contributed by atoms with Gasteiger partial charge in [0.2, 0.25) is 5.89 Å². The highest BCUT2D eigenvalue weighted by atomic mass is 32.2. The standard InChI is InChI=1S/C25H30N6O4S/c1-3-10-34-24(32)28-19-7-5-6-18(13-19)16-26-22-15-21(31-8-11-33-12-9-31)14-20(27-22)17-36-25-30-29-23(4-2)35-25/h3,5-7,13-15H,1,4,8-12,16-17H2,2H3,(H,26,27)(H,28,32). The van der Waals surface area contributed by atoms with Crippen molar-refractivity contribution in [3.63, 3.8) is 0 Å². The number of aryl methyl sites for hydroxylation is 1. The zero-order valence-corrected chi connectivity index (χ0v) is 21.1. The van der Waals surface area contributed by atoms with E-state index in [4.69, 9.17) is 18.9 Å². The Labute approximate surface area is 214 Å². The number of rotatable bonds is 11. The van der Waals surface area contributed by atoms with E-state index in [1.807, 2.05) is 31.2 Å². The number of carbonyl (C=O) groups is 1. The molecule has 0 atom stereocenters. The Bertz CT molecular complexity index is 1160. The van der Waals surface area contributed by atoms with Crippen molar-refractivity contribution in [2.24, 2.45) is 0 Å². The minimum Gasteiger partial charge on any atom is -0.445 e. The Hall–Kier alpha value is -3.57. The van der Waals surface area contributed by atoms with Crippen LogP contribution in [0.3, 0.4) is 0 Å². The molecule has 3 aromatic rings. The number of pyridine rings is 1. The molecule has 1 fully saturated rings. The number of nitrogens with zero attached hydrogens (tertiary/aromatic N) is 4. The second kappa shape index (κ2) is 12.9. The lowest BCUT2D eigenvalue weighted by atomic mass is 10.2. The first kappa shape index (κ1) is 25.5. The van der Waals surface area contributed by atoms with Crippen molar-refractivity contribution < 1.29 is 18.7 Å². The van der Waals surface area contributed by atoms with Crippen molar-refractivity contribution in [3.8, 4) is 0 Å². The van der Waals surface area contributed by atoms with Gasteiger partial charge in [0.05, 0.1) is 18.9 Å². The van der Waals surface area contributed by atoms with Crippen molar-refractivity contribution in [1.82, 2.24) is 15.2 Å². The number of benzene rings is 1. The molecular weight excluding hydrogens is 480 g/mol. The third-order valence-corrected chi connectivity index (χ3v) is 6.17. The molecular formula is C25H30N6O4S. The van der Waals surface area contributed by atoms with E-state index >= 15 is 0 Å². The zero-order chi connectivity index (χ0) is 25.2. The first-order valence-electron chi connectivity index (χ1n) is 11.8. The predicted molar refractivity (Wildman–Crippen MR) is 139 cm³/mol. The molecule has 1 amide bonds. The summed E-state index contributed by atoms with van der Waals surface area (Å²) < 4.78 is 16.1.